The van der Waals surface area contributed by atoms with Crippen molar-refractivity contribution in [1.82, 2.24) is 5.32 Å². The Morgan fingerprint density at radius 3 is 1.44 bits per heavy atom. The highest BCUT2D eigenvalue weighted by atomic mass is 16.7. The van der Waals surface area contributed by atoms with Gasteiger partial charge in [0, 0.05) is 0 Å². The number of ether oxygens (including phenoxy) is 2. The summed E-state index contributed by atoms with van der Waals surface area (Å²) in [5.41, 5.74) is 0. The molecule has 1 amide bonds. The van der Waals surface area contributed by atoms with Crippen molar-refractivity contribution in [1.29, 1.82) is 0 Å². The number of aliphatic hydroxyl groups excluding tert-OH is 7. The highest BCUT2D eigenvalue weighted by Crippen LogP contribution is 2.23. The monoisotopic (exact) mass is 870 g/mol. The summed E-state index contributed by atoms with van der Waals surface area (Å²) in [4.78, 5) is 13.1. The first-order valence-corrected chi connectivity index (χ1v) is 25.2. The summed E-state index contributed by atoms with van der Waals surface area (Å²) in [7, 11) is 0. The predicted molar refractivity (Wildman–Crippen MR) is 247 cm³/mol. The summed E-state index contributed by atoms with van der Waals surface area (Å²) in [5, 5.41) is 75.7. The topological polar surface area (TPSA) is 189 Å². The maximum absolute atomic E-state index is 13.1. The first-order chi connectivity index (χ1) is 29.7. The van der Waals surface area contributed by atoms with E-state index >= 15 is 0 Å². The van der Waals surface area contributed by atoms with Crippen molar-refractivity contribution in [2.24, 2.45) is 0 Å². The zero-order valence-corrected chi connectivity index (χ0v) is 38.9. The maximum Gasteiger partial charge on any atom is 0.249 e. The second kappa shape index (κ2) is 40.1. The van der Waals surface area contributed by atoms with Crippen molar-refractivity contribution in [3.8, 4) is 0 Å². The van der Waals surface area contributed by atoms with E-state index in [0.29, 0.717) is 12.8 Å². The van der Waals surface area contributed by atoms with E-state index in [1.165, 1.54) is 128 Å². The Labute approximate surface area is 372 Å². The van der Waals surface area contributed by atoms with Crippen LogP contribution >= 0.6 is 0 Å². The Kier molecular flexibility index (Phi) is 37.9. The van der Waals surface area contributed by atoms with Crippen molar-refractivity contribution in [2.45, 2.75) is 274 Å². The average molecular weight is 870 g/mol. The minimum Gasteiger partial charge on any atom is -0.394 e. The predicted octanol–water partition coefficient (Wildman–Crippen LogP) is 9.01. The molecule has 11 heteroatoms. The van der Waals surface area contributed by atoms with Crippen LogP contribution in [0, 0.1) is 0 Å². The summed E-state index contributed by atoms with van der Waals surface area (Å²) in [5.74, 6) is -0.716. The Morgan fingerprint density at radius 2 is 0.967 bits per heavy atom. The Hall–Kier alpha value is -1.41. The van der Waals surface area contributed by atoms with Crippen molar-refractivity contribution >= 4 is 5.91 Å². The Morgan fingerprint density at radius 1 is 0.557 bits per heavy atom. The lowest BCUT2D eigenvalue weighted by Crippen LogP contribution is -2.60. The molecular formula is C50H95NO10. The number of hydrogen-bond acceptors (Lipinski definition) is 10. The zero-order chi connectivity index (χ0) is 44.8. The van der Waals surface area contributed by atoms with Gasteiger partial charge in [-0.1, -0.05) is 179 Å². The van der Waals surface area contributed by atoms with E-state index in [1.54, 1.807) is 0 Å². The van der Waals surface area contributed by atoms with Crippen LogP contribution in [0.15, 0.2) is 24.3 Å². The number of rotatable bonds is 42. The van der Waals surface area contributed by atoms with Gasteiger partial charge in [0.2, 0.25) is 5.91 Å². The van der Waals surface area contributed by atoms with Gasteiger partial charge in [-0.2, -0.15) is 0 Å². The second-order valence-corrected chi connectivity index (χ2v) is 17.9. The molecule has 1 heterocycles. The van der Waals surface area contributed by atoms with Gasteiger partial charge in [0.1, 0.15) is 36.6 Å². The van der Waals surface area contributed by atoms with Gasteiger partial charge in [0.15, 0.2) is 6.29 Å². The van der Waals surface area contributed by atoms with E-state index in [0.717, 1.165) is 51.4 Å². The summed E-state index contributed by atoms with van der Waals surface area (Å²) in [6.45, 7) is 3.40. The first-order valence-electron chi connectivity index (χ1n) is 25.2. The highest BCUT2D eigenvalue weighted by molar-refractivity contribution is 5.80. The van der Waals surface area contributed by atoms with Gasteiger partial charge in [-0.15, -0.1) is 0 Å². The van der Waals surface area contributed by atoms with E-state index in [2.05, 4.69) is 43.5 Å². The van der Waals surface area contributed by atoms with Crippen molar-refractivity contribution in [2.75, 3.05) is 13.2 Å². The number of nitrogens with one attached hydrogen (secondary N) is 1. The number of unbranched alkanes of at least 4 members (excludes halogenated alkanes) is 26. The molecule has 1 rings (SSSR count). The van der Waals surface area contributed by atoms with Gasteiger partial charge in [0.25, 0.3) is 0 Å². The van der Waals surface area contributed by atoms with Gasteiger partial charge in [0.05, 0.1) is 25.4 Å². The van der Waals surface area contributed by atoms with Gasteiger partial charge < -0.3 is 50.5 Å². The van der Waals surface area contributed by atoms with Gasteiger partial charge in [-0.25, -0.2) is 0 Å². The molecule has 9 unspecified atom stereocenters. The van der Waals surface area contributed by atoms with E-state index < -0.39 is 74.2 Å². The maximum atomic E-state index is 13.1. The first kappa shape index (κ1) is 57.6. The lowest BCUT2D eigenvalue weighted by atomic mass is 9.98. The number of aliphatic hydroxyl groups is 7. The van der Waals surface area contributed by atoms with Crippen molar-refractivity contribution in [3.63, 3.8) is 0 Å². The summed E-state index contributed by atoms with van der Waals surface area (Å²) >= 11 is 0. The van der Waals surface area contributed by atoms with Crippen LogP contribution in [0.25, 0.3) is 0 Å². The van der Waals surface area contributed by atoms with E-state index in [4.69, 9.17) is 9.47 Å². The van der Waals surface area contributed by atoms with Gasteiger partial charge in [-0.05, 0) is 64.2 Å². The molecule has 1 saturated heterocycles. The summed E-state index contributed by atoms with van der Waals surface area (Å²) in [6, 6.07) is -1.19. The van der Waals surface area contributed by atoms with Crippen LogP contribution in [0.3, 0.4) is 0 Å². The zero-order valence-electron chi connectivity index (χ0n) is 38.9. The number of carbonyl (C=O) groups excluding carboxylic acids is 1. The molecule has 0 aliphatic carbocycles. The van der Waals surface area contributed by atoms with E-state index in [9.17, 15) is 40.5 Å². The smallest absolute Gasteiger partial charge is 0.249 e. The van der Waals surface area contributed by atoms with E-state index in [-0.39, 0.29) is 12.8 Å². The molecule has 61 heavy (non-hydrogen) atoms. The summed E-state index contributed by atoms with van der Waals surface area (Å²) < 4.78 is 11.1. The molecular weight excluding hydrogens is 775 g/mol. The fraction of sp³-hybridized carbons (Fsp3) is 0.900. The third-order valence-electron chi connectivity index (χ3n) is 12.2. The molecule has 360 valence electrons. The molecule has 9 atom stereocenters. The fourth-order valence-corrected chi connectivity index (χ4v) is 8.02. The molecule has 1 fully saturated rings. The van der Waals surface area contributed by atoms with Crippen LogP contribution in [0.1, 0.15) is 219 Å². The standard InChI is InChI=1S/C50H95NO10/c1-3-5-7-9-11-13-15-16-17-18-19-20-21-22-23-24-25-26-28-29-31-33-35-37-42(53)45(55)41(40-60-50-48(58)47(57)46(56)44(39-52)61-50)51-49(59)43(54)38-36-34-32-30-27-14-12-10-8-6-4-2/h12,14,29,31,41-48,50,52-58H,3-11,13,15-28,30,32-40H2,1-2H3,(H,51,59)/b14-12-,31-29+. The minimum absolute atomic E-state index is 0.240. The number of hydrogen-bond donors (Lipinski definition) is 8. The van der Waals surface area contributed by atoms with Crippen molar-refractivity contribution in [3.05, 3.63) is 24.3 Å². The van der Waals surface area contributed by atoms with Crippen LogP contribution < -0.4 is 5.32 Å². The average Bonchev–Trinajstić information content (AvgIpc) is 3.26. The Balaban J connectivity index is 2.37. The quantitative estimate of drug-likeness (QED) is 0.0217. The molecule has 1 aliphatic heterocycles. The second-order valence-electron chi connectivity index (χ2n) is 17.9. The van der Waals surface area contributed by atoms with Crippen LogP contribution in [0.2, 0.25) is 0 Å². The van der Waals surface area contributed by atoms with Crippen LogP contribution in [-0.4, -0.2) is 110 Å². The third-order valence-corrected chi connectivity index (χ3v) is 12.2. The molecule has 0 aromatic heterocycles. The SMILES string of the molecule is CCCCC/C=C\CCCCCCC(O)C(=O)NC(COC1OC(CO)C(O)C(O)C1O)C(O)C(O)CCC/C=C/CCCCCCCCCCCCCCCCCCCC. The molecule has 0 saturated carbocycles. The van der Waals surface area contributed by atoms with Crippen LogP contribution in [-0.2, 0) is 14.3 Å². The van der Waals surface area contributed by atoms with Crippen LogP contribution in [0.5, 0.6) is 0 Å². The molecule has 1 aliphatic rings. The molecule has 0 aromatic carbocycles. The molecule has 11 nitrogen and oxygen atoms in total. The lowest BCUT2D eigenvalue weighted by Gasteiger charge is -2.40. The minimum atomic E-state index is -1.67. The molecule has 8 N–H and O–H groups in total. The van der Waals surface area contributed by atoms with Gasteiger partial charge >= 0.3 is 0 Å². The Bertz CT molecular complexity index is 1040. The van der Waals surface area contributed by atoms with Gasteiger partial charge in [-0.3, -0.25) is 4.79 Å². The largest absolute Gasteiger partial charge is 0.394 e. The number of allylic oxidation sites excluding steroid dienone is 4. The molecule has 0 aromatic rings. The number of carbonyl (C=O) groups is 1. The fourth-order valence-electron chi connectivity index (χ4n) is 8.02. The lowest BCUT2D eigenvalue weighted by molar-refractivity contribution is -0.303. The van der Waals surface area contributed by atoms with Crippen molar-refractivity contribution < 1.29 is 50.0 Å². The molecule has 0 radical (unpaired) electrons. The highest BCUT2D eigenvalue weighted by Gasteiger charge is 2.44. The van der Waals surface area contributed by atoms with E-state index in [1.807, 2.05) is 0 Å². The van der Waals surface area contributed by atoms with Crippen LogP contribution in [0.4, 0.5) is 0 Å². The number of amides is 1. The third kappa shape index (κ3) is 29.6. The molecule has 0 spiro atoms. The molecule has 0 bridgehead atoms. The normalized spacial score (nSPS) is 21.6. The summed E-state index contributed by atoms with van der Waals surface area (Å²) in [6.07, 6.45) is 33.9.